The van der Waals surface area contributed by atoms with Crippen molar-refractivity contribution in [2.45, 2.75) is 12.5 Å². The van der Waals surface area contributed by atoms with E-state index in [-0.39, 0.29) is 24.1 Å². The minimum atomic E-state index is -0.521. The molecule has 2 aliphatic heterocycles. The smallest absolute Gasteiger partial charge is 0.251 e. The van der Waals surface area contributed by atoms with Gasteiger partial charge < -0.3 is 14.4 Å². The largest absolute Gasteiger partial charge is 0.497 e. The number of carbonyl (C=O) groups is 2. The number of halogens is 1. The molecule has 2 heterocycles. The second-order valence-electron chi connectivity index (χ2n) is 7.30. The van der Waals surface area contributed by atoms with Gasteiger partial charge in [0.2, 0.25) is 5.91 Å². The molecule has 0 spiro atoms. The summed E-state index contributed by atoms with van der Waals surface area (Å²) in [5.41, 5.74) is 0.983. The fourth-order valence-corrected chi connectivity index (χ4v) is 4.11. The third kappa shape index (κ3) is 3.59. The number of carbonyl (C=O) groups excluding carboxylic acids is 2. The van der Waals surface area contributed by atoms with E-state index in [1.165, 1.54) is 25.2 Å². The van der Waals surface area contributed by atoms with Gasteiger partial charge in [-0.2, -0.15) is 0 Å². The van der Waals surface area contributed by atoms with Gasteiger partial charge in [0, 0.05) is 32.2 Å². The Morgan fingerprint density at radius 2 is 1.67 bits per heavy atom. The van der Waals surface area contributed by atoms with Crippen molar-refractivity contribution >= 4 is 23.2 Å². The lowest BCUT2D eigenvalue weighted by Crippen LogP contribution is -2.52. The van der Waals surface area contributed by atoms with E-state index in [0.717, 1.165) is 0 Å². The topological polar surface area (TPSA) is 62.3 Å². The van der Waals surface area contributed by atoms with E-state index in [0.29, 0.717) is 49.1 Å². The number of amides is 2. The zero-order valence-electron chi connectivity index (χ0n) is 17.0. The zero-order chi connectivity index (χ0) is 21.3. The minimum Gasteiger partial charge on any atom is -0.497 e. The highest BCUT2D eigenvalue weighted by molar-refractivity contribution is 6.23. The Kier molecular flexibility index (Phi) is 5.59. The number of para-hydroxylation sites is 1. The monoisotopic (exact) mass is 413 g/mol. The lowest BCUT2D eigenvalue weighted by atomic mass is 10.1. The molecule has 0 N–H and O–H groups in total. The van der Waals surface area contributed by atoms with Gasteiger partial charge in [-0.25, -0.2) is 9.29 Å². The van der Waals surface area contributed by atoms with Crippen LogP contribution >= 0.6 is 0 Å². The van der Waals surface area contributed by atoms with Gasteiger partial charge in [0.05, 0.1) is 38.1 Å². The van der Waals surface area contributed by atoms with Crippen molar-refractivity contribution in [3.05, 3.63) is 48.3 Å². The number of anilines is 2. The van der Waals surface area contributed by atoms with Crippen molar-refractivity contribution in [3.8, 4) is 11.5 Å². The van der Waals surface area contributed by atoms with Crippen LogP contribution in [0.3, 0.4) is 0 Å². The Morgan fingerprint density at radius 3 is 2.33 bits per heavy atom. The van der Waals surface area contributed by atoms with Crippen molar-refractivity contribution in [1.29, 1.82) is 0 Å². The van der Waals surface area contributed by atoms with Crippen LogP contribution in [-0.4, -0.2) is 63.2 Å². The van der Waals surface area contributed by atoms with Crippen molar-refractivity contribution < 1.29 is 23.5 Å². The van der Waals surface area contributed by atoms with E-state index in [9.17, 15) is 14.0 Å². The molecule has 2 aromatic carbocycles. The summed E-state index contributed by atoms with van der Waals surface area (Å²) < 4.78 is 24.6. The summed E-state index contributed by atoms with van der Waals surface area (Å²) in [5.74, 6) is 0.209. The molecular formula is C22H24FN3O4. The molecule has 4 rings (SSSR count). The van der Waals surface area contributed by atoms with E-state index >= 15 is 0 Å². The highest BCUT2D eigenvalue weighted by atomic mass is 19.1. The molecule has 2 amide bonds. The molecule has 1 atom stereocenters. The zero-order valence-corrected chi connectivity index (χ0v) is 17.0. The van der Waals surface area contributed by atoms with Crippen LogP contribution in [0.5, 0.6) is 11.5 Å². The molecule has 8 heteroatoms. The Morgan fingerprint density at radius 1 is 0.933 bits per heavy atom. The van der Waals surface area contributed by atoms with Gasteiger partial charge in [0.25, 0.3) is 5.91 Å². The number of benzene rings is 2. The maximum atomic E-state index is 14.1. The quantitative estimate of drug-likeness (QED) is 0.701. The molecule has 30 heavy (non-hydrogen) atoms. The number of hydrogen-bond donors (Lipinski definition) is 0. The number of imide groups is 1. The first kappa shape index (κ1) is 20.2. The van der Waals surface area contributed by atoms with Gasteiger partial charge in [-0.05, 0) is 24.3 Å². The number of methoxy groups -OCH3 is 2. The van der Waals surface area contributed by atoms with Crippen LogP contribution in [0, 0.1) is 5.82 Å². The Labute approximate surface area is 174 Å². The van der Waals surface area contributed by atoms with Crippen molar-refractivity contribution in [2.24, 2.45) is 0 Å². The fourth-order valence-electron chi connectivity index (χ4n) is 4.11. The maximum Gasteiger partial charge on any atom is 0.251 e. The summed E-state index contributed by atoms with van der Waals surface area (Å²) in [6.45, 7) is 2.33. The van der Waals surface area contributed by atoms with E-state index in [1.807, 2.05) is 15.9 Å². The second-order valence-corrected chi connectivity index (χ2v) is 7.30. The third-order valence-electron chi connectivity index (χ3n) is 5.70. The van der Waals surface area contributed by atoms with Crippen LogP contribution in [0.4, 0.5) is 15.8 Å². The van der Waals surface area contributed by atoms with Gasteiger partial charge in [0.1, 0.15) is 17.3 Å². The number of rotatable bonds is 5. The Hall–Kier alpha value is -3.13. The first-order chi connectivity index (χ1) is 14.5. The first-order valence-corrected chi connectivity index (χ1v) is 9.86. The number of nitrogens with zero attached hydrogens (tertiary/aromatic N) is 3. The Balaban J connectivity index is 1.48. The summed E-state index contributed by atoms with van der Waals surface area (Å²) in [6.07, 6.45) is 0.119. The molecule has 0 saturated carbocycles. The van der Waals surface area contributed by atoms with Crippen LogP contribution in [0.15, 0.2) is 42.5 Å². The van der Waals surface area contributed by atoms with Crippen LogP contribution < -0.4 is 19.3 Å². The summed E-state index contributed by atoms with van der Waals surface area (Å²) in [7, 11) is 3.03. The molecule has 158 valence electrons. The maximum absolute atomic E-state index is 14.1. The molecule has 0 radical (unpaired) electrons. The molecule has 0 aromatic heterocycles. The lowest BCUT2D eigenvalue weighted by molar-refractivity contribution is -0.123. The molecule has 0 aliphatic carbocycles. The fraction of sp³-hybridized carbons (Fsp3) is 0.364. The van der Waals surface area contributed by atoms with Crippen molar-refractivity contribution in [2.75, 3.05) is 50.2 Å². The van der Waals surface area contributed by atoms with Crippen LogP contribution in [0.2, 0.25) is 0 Å². The van der Waals surface area contributed by atoms with Gasteiger partial charge in [-0.15, -0.1) is 0 Å². The average molecular weight is 413 g/mol. The van der Waals surface area contributed by atoms with Crippen molar-refractivity contribution in [1.82, 2.24) is 4.90 Å². The molecule has 2 aromatic rings. The summed E-state index contributed by atoms with van der Waals surface area (Å²) in [4.78, 5) is 31.0. The van der Waals surface area contributed by atoms with Gasteiger partial charge in [-0.3, -0.25) is 14.5 Å². The summed E-state index contributed by atoms with van der Waals surface area (Å²) in [6, 6.07) is 11.2. The predicted octanol–water partition coefficient (Wildman–Crippen LogP) is 2.30. The highest BCUT2D eigenvalue weighted by Gasteiger charge is 2.44. The highest BCUT2D eigenvalue weighted by Crippen LogP contribution is 2.36. The van der Waals surface area contributed by atoms with E-state index in [1.54, 1.807) is 30.3 Å². The summed E-state index contributed by atoms with van der Waals surface area (Å²) >= 11 is 0. The molecule has 0 bridgehead atoms. The van der Waals surface area contributed by atoms with Crippen LogP contribution in [-0.2, 0) is 9.59 Å². The lowest BCUT2D eigenvalue weighted by Gasteiger charge is -2.38. The van der Waals surface area contributed by atoms with Crippen LogP contribution in [0.1, 0.15) is 6.42 Å². The molecule has 2 saturated heterocycles. The average Bonchev–Trinajstić information content (AvgIpc) is 3.07. The SMILES string of the molecule is COc1ccc(N2C(=O)CC(N3CCN(c4ccccc4F)CC3)C2=O)c(OC)c1. The van der Waals surface area contributed by atoms with E-state index in [2.05, 4.69) is 0 Å². The van der Waals surface area contributed by atoms with Gasteiger partial charge in [-0.1, -0.05) is 12.1 Å². The number of hydrogen-bond acceptors (Lipinski definition) is 6. The standard InChI is InChI=1S/C22H24FN3O4/c1-29-15-7-8-18(20(13-15)30-2)26-21(27)14-19(22(26)28)25-11-9-24(10-12-25)17-6-4-3-5-16(17)23/h3-8,13,19H,9-12,14H2,1-2H3. The number of piperazine rings is 1. The molecule has 2 aliphatic rings. The Bertz CT molecular complexity index is 959. The van der Waals surface area contributed by atoms with Gasteiger partial charge in [0.15, 0.2) is 0 Å². The molecule has 2 fully saturated rings. The normalized spacial score (nSPS) is 20.0. The molecule has 7 nitrogen and oxygen atoms in total. The molecule has 1 unspecified atom stereocenters. The first-order valence-electron chi connectivity index (χ1n) is 9.86. The van der Waals surface area contributed by atoms with E-state index in [4.69, 9.17) is 9.47 Å². The summed E-state index contributed by atoms with van der Waals surface area (Å²) in [5, 5.41) is 0. The number of ether oxygens (including phenoxy) is 2. The van der Waals surface area contributed by atoms with E-state index < -0.39 is 6.04 Å². The third-order valence-corrected chi connectivity index (χ3v) is 5.70. The van der Waals surface area contributed by atoms with Gasteiger partial charge >= 0.3 is 0 Å². The van der Waals surface area contributed by atoms with Crippen molar-refractivity contribution in [3.63, 3.8) is 0 Å². The minimum absolute atomic E-state index is 0.119. The van der Waals surface area contributed by atoms with Crippen LogP contribution in [0.25, 0.3) is 0 Å². The second kappa shape index (κ2) is 8.31. The predicted molar refractivity (Wildman–Crippen MR) is 111 cm³/mol. The molecular weight excluding hydrogens is 389 g/mol.